The van der Waals surface area contributed by atoms with Crippen molar-refractivity contribution in [3.63, 3.8) is 0 Å². The Morgan fingerprint density at radius 3 is 2.39 bits per heavy atom. The van der Waals surface area contributed by atoms with Crippen molar-refractivity contribution in [2.24, 2.45) is 0 Å². The monoisotopic (exact) mass is 318 g/mol. The van der Waals surface area contributed by atoms with Gasteiger partial charge < -0.3 is 15.0 Å². The number of hydrogen-bond acceptors (Lipinski definition) is 2. The highest BCUT2D eigenvalue weighted by molar-refractivity contribution is 5.75. The summed E-state index contributed by atoms with van der Waals surface area (Å²) in [6.45, 7) is 10.4. The number of amides is 2. The topological polar surface area (TPSA) is 41.6 Å². The number of ether oxygens (including phenoxy) is 1. The maximum atomic E-state index is 12.6. The van der Waals surface area contributed by atoms with Crippen LogP contribution in [0.25, 0.3) is 0 Å². The molecule has 1 heterocycles. The molecule has 3 atom stereocenters. The van der Waals surface area contributed by atoms with Gasteiger partial charge in [0.05, 0.1) is 0 Å². The summed E-state index contributed by atoms with van der Waals surface area (Å²) in [6.07, 6.45) is 2.98. The van der Waals surface area contributed by atoms with Crippen LogP contribution in [0.2, 0.25) is 0 Å². The van der Waals surface area contributed by atoms with E-state index in [-0.39, 0.29) is 24.3 Å². The van der Waals surface area contributed by atoms with Crippen molar-refractivity contribution in [1.29, 1.82) is 0 Å². The molecular formula is C19H30N2O2. The number of carbonyl (C=O) groups excluding carboxylic acids is 1. The molecule has 1 aliphatic heterocycles. The van der Waals surface area contributed by atoms with Gasteiger partial charge in [0.1, 0.15) is 5.75 Å². The lowest BCUT2D eigenvalue weighted by Gasteiger charge is -2.39. The van der Waals surface area contributed by atoms with Gasteiger partial charge in [-0.2, -0.15) is 0 Å². The highest BCUT2D eigenvalue weighted by Crippen LogP contribution is 2.27. The first-order chi connectivity index (χ1) is 10.9. The Bertz CT molecular complexity index is 520. The van der Waals surface area contributed by atoms with E-state index in [1.54, 1.807) is 0 Å². The zero-order valence-electron chi connectivity index (χ0n) is 15.0. The molecule has 0 radical (unpaired) electrons. The number of hydrogen-bond donors (Lipinski definition) is 1. The Balaban J connectivity index is 1.99. The molecular weight excluding hydrogens is 288 g/mol. The third-order valence-electron chi connectivity index (χ3n) is 4.60. The predicted molar refractivity (Wildman–Crippen MR) is 93.8 cm³/mol. The number of piperidine rings is 1. The minimum Gasteiger partial charge on any atom is -0.471 e. The first-order valence-electron chi connectivity index (χ1n) is 8.74. The van der Waals surface area contributed by atoms with Crippen molar-refractivity contribution < 1.29 is 9.53 Å². The lowest BCUT2D eigenvalue weighted by molar-refractivity contribution is 0.104. The summed E-state index contributed by atoms with van der Waals surface area (Å²) in [5, 5.41) is 2.99. The van der Waals surface area contributed by atoms with Gasteiger partial charge in [0.15, 0.2) is 6.23 Å². The van der Waals surface area contributed by atoms with E-state index < -0.39 is 0 Å². The van der Waals surface area contributed by atoms with Crippen LogP contribution in [0.4, 0.5) is 4.79 Å². The number of likely N-dealkylation sites (tertiary alicyclic amines) is 1. The number of carbonyl (C=O) groups is 1. The van der Waals surface area contributed by atoms with Gasteiger partial charge in [-0.3, -0.25) is 0 Å². The standard InChI is InChI=1S/C19H30N2O2/c1-13(2)17-11-6-7-12-18(17)23-16(5)20-19(22)21-14(3)9-8-10-15(21)4/h6-7,11-16H,8-10H2,1-5H3,(H,20,22). The number of para-hydroxylation sites is 1. The fraction of sp³-hybridized carbons (Fsp3) is 0.632. The average Bonchev–Trinajstić information content (AvgIpc) is 2.47. The van der Waals surface area contributed by atoms with Crippen molar-refractivity contribution in [1.82, 2.24) is 10.2 Å². The van der Waals surface area contributed by atoms with Crippen molar-refractivity contribution in [2.45, 2.75) is 78.1 Å². The van der Waals surface area contributed by atoms with Crippen LogP contribution in [0.1, 0.15) is 65.4 Å². The molecule has 0 bridgehead atoms. The van der Waals surface area contributed by atoms with Crippen LogP contribution in [0, 0.1) is 0 Å². The molecule has 0 saturated carbocycles. The van der Waals surface area contributed by atoms with E-state index >= 15 is 0 Å². The zero-order valence-corrected chi connectivity index (χ0v) is 15.0. The van der Waals surface area contributed by atoms with Gasteiger partial charge in [0.2, 0.25) is 0 Å². The average molecular weight is 318 g/mol. The van der Waals surface area contributed by atoms with E-state index in [9.17, 15) is 4.79 Å². The van der Waals surface area contributed by atoms with Gasteiger partial charge >= 0.3 is 6.03 Å². The molecule has 2 rings (SSSR count). The summed E-state index contributed by atoms with van der Waals surface area (Å²) in [5.74, 6) is 1.23. The van der Waals surface area contributed by atoms with E-state index in [0.717, 1.165) is 24.2 Å². The second-order valence-corrected chi connectivity index (χ2v) is 6.94. The maximum absolute atomic E-state index is 12.6. The molecule has 1 aliphatic rings. The van der Waals surface area contributed by atoms with Crippen molar-refractivity contribution >= 4 is 6.03 Å². The Morgan fingerprint density at radius 2 is 1.78 bits per heavy atom. The molecule has 1 aromatic rings. The lowest BCUT2D eigenvalue weighted by Crippen LogP contribution is -2.54. The predicted octanol–water partition coefficient (Wildman–Crippen LogP) is 4.51. The van der Waals surface area contributed by atoms with Gasteiger partial charge in [-0.25, -0.2) is 4.79 Å². The van der Waals surface area contributed by atoms with Crippen LogP contribution in [0.5, 0.6) is 5.75 Å². The molecule has 2 amide bonds. The van der Waals surface area contributed by atoms with E-state index in [4.69, 9.17) is 4.74 Å². The van der Waals surface area contributed by atoms with Gasteiger partial charge in [-0.15, -0.1) is 0 Å². The molecule has 1 saturated heterocycles. The van der Waals surface area contributed by atoms with E-state index in [0.29, 0.717) is 5.92 Å². The summed E-state index contributed by atoms with van der Waals surface area (Å²) in [7, 11) is 0. The van der Waals surface area contributed by atoms with Crippen LogP contribution in [0.3, 0.4) is 0 Å². The van der Waals surface area contributed by atoms with Gasteiger partial charge in [-0.05, 0) is 57.6 Å². The molecule has 0 spiro atoms. The van der Waals surface area contributed by atoms with Crippen LogP contribution in [-0.4, -0.2) is 29.2 Å². The Labute approximate surface area is 140 Å². The zero-order chi connectivity index (χ0) is 17.0. The molecule has 1 N–H and O–H groups in total. The Kier molecular flexibility index (Phi) is 5.91. The number of rotatable bonds is 4. The SMILES string of the molecule is CC(NC(=O)N1C(C)CCCC1C)Oc1ccccc1C(C)C. The third-order valence-corrected chi connectivity index (χ3v) is 4.60. The maximum Gasteiger partial charge on any atom is 0.320 e. The number of urea groups is 1. The molecule has 23 heavy (non-hydrogen) atoms. The minimum atomic E-state index is -0.358. The number of nitrogens with one attached hydrogen (secondary N) is 1. The van der Waals surface area contributed by atoms with Crippen LogP contribution < -0.4 is 10.1 Å². The van der Waals surface area contributed by atoms with E-state index in [1.807, 2.05) is 30.0 Å². The Hall–Kier alpha value is -1.71. The highest BCUT2D eigenvalue weighted by atomic mass is 16.5. The largest absolute Gasteiger partial charge is 0.471 e. The molecule has 1 fully saturated rings. The van der Waals surface area contributed by atoms with Crippen LogP contribution in [0.15, 0.2) is 24.3 Å². The van der Waals surface area contributed by atoms with Gasteiger partial charge in [0.25, 0.3) is 0 Å². The molecule has 0 aromatic heterocycles. The summed E-state index contributed by atoms with van der Waals surface area (Å²) in [4.78, 5) is 14.5. The van der Waals surface area contributed by atoms with Crippen molar-refractivity contribution in [3.05, 3.63) is 29.8 Å². The Morgan fingerprint density at radius 1 is 1.17 bits per heavy atom. The molecule has 4 heteroatoms. The summed E-state index contributed by atoms with van der Waals surface area (Å²) >= 11 is 0. The summed E-state index contributed by atoms with van der Waals surface area (Å²) < 4.78 is 5.98. The van der Waals surface area contributed by atoms with Crippen LogP contribution in [-0.2, 0) is 0 Å². The van der Waals surface area contributed by atoms with Crippen molar-refractivity contribution in [3.8, 4) is 5.75 Å². The third kappa shape index (κ3) is 4.40. The van der Waals surface area contributed by atoms with Gasteiger partial charge in [-0.1, -0.05) is 32.0 Å². The van der Waals surface area contributed by atoms with E-state index in [1.165, 1.54) is 6.42 Å². The van der Waals surface area contributed by atoms with Gasteiger partial charge in [0, 0.05) is 12.1 Å². The normalized spacial score (nSPS) is 22.8. The minimum absolute atomic E-state index is 0.0285. The smallest absolute Gasteiger partial charge is 0.320 e. The van der Waals surface area contributed by atoms with E-state index in [2.05, 4.69) is 39.1 Å². The highest BCUT2D eigenvalue weighted by Gasteiger charge is 2.29. The van der Waals surface area contributed by atoms with Crippen molar-refractivity contribution in [2.75, 3.05) is 0 Å². The first kappa shape index (κ1) is 17.6. The fourth-order valence-corrected chi connectivity index (χ4v) is 3.35. The number of nitrogens with zero attached hydrogens (tertiary/aromatic N) is 1. The van der Waals surface area contributed by atoms with Crippen LogP contribution >= 0.6 is 0 Å². The molecule has 128 valence electrons. The molecule has 1 aromatic carbocycles. The lowest BCUT2D eigenvalue weighted by atomic mass is 9.98. The summed E-state index contributed by atoms with van der Waals surface area (Å²) in [6, 6.07) is 8.56. The molecule has 0 aliphatic carbocycles. The second-order valence-electron chi connectivity index (χ2n) is 6.94. The molecule has 3 unspecified atom stereocenters. The quantitative estimate of drug-likeness (QED) is 0.830. The number of benzene rings is 1. The fourth-order valence-electron chi connectivity index (χ4n) is 3.35. The first-order valence-corrected chi connectivity index (χ1v) is 8.74. The molecule has 4 nitrogen and oxygen atoms in total. The summed E-state index contributed by atoms with van der Waals surface area (Å²) in [5.41, 5.74) is 1.16. The second kappa shape index (κ2) is 7.71.